The summed E-state index contributed by atoms with van der Waals surface area (Å²) in [5, 5.41) is 0. The molecule has 0 amide bonds. The van der Waals surface area contributed by atoms with E-state index in [1.807, 2.05) is 6.92 Å². The minimum absolute atomic E-state index is 0.759. The zero-order chi connectivity index (χ0) is 14.2. The van der Waals surface area contributed by atoms with Crippen LogP contribution in [0.3, 0.4) is 0 Å². The maximum Gasteiger partial charge on any atom is 0.0245 e. The molecule has 1 aromatic rings. The molecule has 0 unspecified atom stereocenters. The lowest BCUT2D eigenvalue weighted by Gasteiger charge is -2.27. The zero-order valence-corrected chi connectivity index (χ0v) is 12.9. The van der Waals surface area contributed by atoms with Crippen LogP contribution < -0.4 is 0 Å². The van der Waals surface area contributed by atoms with Crippen molar-refractivity contribution in [2.45, 2.75) is 58.3 Å². The van der Waals surface area contributed by atoms with Crippen LogP contribution in [0.5, 0.6) is 0 Å². The first kappa shape index (κ1) is 14.9. The molecule has 0 heterocycles. The number of hydrogen-bond acceptors (Lipinski definition) is 0. The van der Waals surface area contributed by atoms with E-state index in [2.05, 4.69) is 55.2 Å². The molecular weight excluding hydrogens is 240 g/mol. The van der Waals surface area contributed by atoms with Crippen molar-refractivity contribution in [3.8, 4) is 11.8 Å². The molecule has 0 bridgehead atoms. The largest absolute Gasteiger partial charge is 0.101 e. The van der Waals surface area contributed by atoms with Crippen molar-refractivity contribution >= 4 is 0 Å². The van der Waals surface area contributed by atoms with Gasteiger partial charge in [-0.05, 0) is 68.6 Å². The number of unbranched alkanes of at least 4 members (excludes halogenated alkanes) is 1. The normalized spacial score (nSPS) is 22.5. The molecule has 1 aliphatic carbocycles. The maximum atomic E-state index is 3.11. The van der Waals surface area contributed by atoms with Gasteiger partial charge in [0.2, 0.25) is 0 Å². The van der Waals surface area contributed by atoms with E-state index in [4.69, 9.17) is 0 Å². The van der Waals surface area contributed by atoms with E-state index in [0.29, 0.717) is 0 Å². The molecule has 1 saturated carbocycles. The Labute approximate surface area is 124 Å². The van der Waals surface area contributed by atoms with Gasteiger partial charge in [-0.3, -0.25) is 0 Å². The molecule has 0 radical (unpaired) electrons. The zero-order valence-electron chi connectivity index (χ0n) is 12.9. The molecular formula is C20H26. The molecule has 20 heavy (non-hydrogen) atoms. The van der Waals surface area contributed by atoms with E-state index in [0.717, 1.165) is 17.4 Å². The first-order valence-corrected chi connectivity index (χ1v) is 8.03. The van der Waals surface area contributed by atoms with Crippen LogP contribution in [0.2, 0.25) is 0 Å². The Bertz CT molecular complexity index is 473. The summed E-state index contributed by atoms with van der Waals surface area (Å²) in [6, 6.07) is 8.88. The second-order valence-electron chi connectivity index (χ2n) is 5.83. The Morgan fingerprint density at radius 1 is 1.10 bits per heavy atom. The summed E-state index contributed by atoms with van der Waals surface area (Å²) in [6.45, 7) is 4.13. The van der Waals surface area contributed by atoms with Gasteiger partial charge in [0, 0.05) is 5.56 Å². The minimum Gasteiger partial charge on any atom is -0.101 e. The van der Waals surface area contributed by atoms with E-state index in [1.165, 1.54) is 44.1 Å². The van der Waals surface area contributed by atoms with Gasteiger partial charge in [-0.1, -0.05) is 43.5 Å². The van der Waals surface area contributed by atoms with E-state index in [-0.39, 0.29) is 0 Å². The van der Waals surface area contributed by atoms with Crippen LogP contribution in [-0.2, 0) is 0 Å². The van der Waals surface area contributed by atoms with Crippen molar-refractivity contribution in [1.82, 2.24) is 0 Å². The molecule has 0 nitrogen and oxygen atoms in total. The maximum absolute atomic E-state index is 3.11. The second-order valence-corrected chi connectivity index (χ2v) is 5.83. The van der Waals surface area contributed by atoms with Crippen molar-refractivity contribution in [3.05, 3.63) is 47.5 Å². The molecule has 0 aromatic heterocycles. The SMILES string of the molecule is CC#Cc1ccc(C2CCC(/C=C/CCC)CC2)cc1. The van der Waals surface area contributed by atoms with Gasteiger partial charge in [-0.25, -0.2) is 0 Å². The summed E-state index contributed by atoms with van der Waals surface area (Å²) in [5.74, 6) is 7.65. The van der Waals surface area contributed by atoms with Crippen LogP contribution >= 0.6 is 0 Å². The lowest BCUT2D eigenvalue weighted by atomic mass is 9.78. The molecule has 2 rings (SSSR count). The Hall–Kier alpha value is -1.48. The number of rotatable bonds is 4. The van der Waals surface area contributed by atoms with Gasteiger partial charge in [-0.2, -0.15) is 0 Å². The predicted octanol–water partition coefficient (Wildman–Crippen LogP) is 5.69. The predicted molar refractivity (Wildman–Crippen MR) is 87.7 cm³/mol. The number of allylic oxidation sites excluding steroid dienone is 2. The van der Waals surface area contributed by atoms with Gasteiger partial charge in [0.25, 0.3) is 0 Å². The number of hydrogen-bond donors (Lipinski definition) is 0. The molecule has 0 heteroatoms. The van der Waals surface area contributed by atoms with Crippen LogP contribution in [-0.4, -0.2) is 0 Å². The van der Waals surface area contributed by atoms with Crippen molar-refractivity contribution in [1.29, 1.82) is 0 Å². The van der Waals surface area contributed by atoms with Gasteiger partial charge in [0.1, 0.15) is 0 Å². The molecule has 1 aromatic carbocycles. The van der Waals surface area contributed by atoms with Gasteiger partial charge >= 0.3 is 0 Å². The summed E-state index contributed by atoms with van der Waals surface area (Å²) in [4.78, 5) is 0. The lowest BCUT2D eigenvalue weighted by molar-refractivity contribution is 0.375. The quantitative estimate of drug-likeness (QED) is 0.485. The van der Waals surface area contributed by atoms with Gasteiger partial charge in [0.15, 0.2) is 0 Å². The van der Waals surface area contributed by atoms with E-state index < -0.39 is 0 Å². The third-order valence-electron chi connectivity index (χ3n) is 4.29. The fraction of sp³-hybridized carbons (Fsp3) is 0.500. The van der Waals surface area contributed by atoms with Crippen molar-refractivity contribution in [2.24, 2.45) is 5.92 Å². The molecule has 0 atom stereocenters. The fourth-order valence-electron chi connectivity index (χ4n) is 3.08. The molecule has 0 N–H and O–H groups in total. The summed E-state index contributed by atoms with van der Waals surface area (Å²) >= 11 is 0. The molecule has 106 valence electrons. The van der Waals surface area contributed by atoms with Gasteiger partial charge in [-0.15, -0.1) is 5.92 Å². The van der Waals surface area contributed by atoms with Crippen LogP contribution in [0.4, 0.5) is 0 Å². The minimum atomic E-state index is 0.759. The smallest absolute Gasteiger partial charge is 0.0245 e. The Morgan fingerprint density at radius 2 is 1.80 bits per heavy atom. The standard InChI is InChI=1S/C20H26/c1-3-5-6-8-18-11-15-20(16-12-18)19-13-9-17(7-4-2)10-14-19/h6,8-10,13-14,18,20H,3,5,11-12,15-16H2,1-2H3/b8-6+. The van der Waals surface area contributed by atoms with Crippen LogP contribution in [0.25, 0.3) is 0 Å². The highest BCUT2D eigenvalue weighted by Crippen LogP contribution is 2.36. The van der Waals surface area contributed by atoms with Crippen LogP contribution in [0, 0.1) is 17.8 Å². The molecule has 0 spiro atoms. The fourth-order valence-corrected chi connectivity index (χ4v) is 3.08. The summed E-state index contributed by atoms with van der Waals surface area (Å²) in [7, 11) is 0. The highest BCUT2D eigenvalue weighted by atomic mass is 14.2. The topological polar surface area (TPSA) is 0 Å². The summed E-state index contributed by atoms with van der Waals surface area (Å²) in [5.41, 5.74) is 2.63. The second kappa shape index (κ2) is 7.95. The lowest BCUT2D eigenvalue weighted by Crippen LogP contribution is -2.11. The number of benzene rings is 1. The average molecular weight is 266 g/mol. The van der Waals surface area contributed by atoms with E-state index in [9.17, 15) is 0 Å². The van der Waals surface area contributed by atoms with Crippen LogP contribution in [0.1, 0.15) is 69.4 Å². The van der Waals surface area contributed by atoms with Crippen molar-refractivity contribution in [2.75, 3.05) is 0 Å². The highest BCUT2D eigenvalue weighted by molar-refractivity contribution is 5.36. The Balaban J connectivity index is 1.88. The first-order chi connectivity index (χ1) is 9.83. The van der Waals surface area contributed by atoms with Crippen molar-refractivity contribution in [3.63, 3.8) is 0 Å². The summed E-state index contributed by atoms with van der Waals surface area (Å²) < 4.78 is 0. The average Bonchev–Trinajstić information content (AvgIpc) is 2.49. The Kier molecular flexibility index (Phi) is 5.93. The molecule has 1 fully saturated rings. The van der Waals surface area contributed by atoms with Crippen LogP contribution in [0.15, 0.2) is 36.4 Å². The van der Waals surface area contributed by atoms with Gasteiger partial charge in [0.05, 0.1) is 0 Å². The molecule has 0 aliphatic heterocycles. The summed E-state index contributed by atoms with van der Waals surface area (Å²) in [6.07, 6.45) is 12.7. The Morgan fingerprint density at radius 3 is 2.40 bits per heavy atom. The highest BCUT2D eigenvalue weighted by Gasteiger charge is 2.20. The third kappa shape index (κ3) is 4.27. The molecule has 0 saturated heterocycles. The molecule has 1 aliphatic rings. The monoisotopic (exact) mass is 266 g/mol. The third-order valence-corrected chi connectivity index (χ3v) is 4.29. The van der Waals surface area contributed by atoms with E-state index in [1.54, 1.807) is 0 Å². The van der Waals surface area contributed by atoms with Crippen molar-refractivity contribution < 1.29 is 0 Å². The first-order valence-electron chi connectivity index (χ1n) is 8.03. The van der Waals surface area contributed by atoms with E-state index >= 15 is 0 Å². The van der Waals surface area contributed by atoms with Gasteiger partial charge < -0.3 is 0 Å².